The second kappa shape index (κ2) is 4.79. The van der Waals surface area contributed by atoms with Gasteiger partial charge in [-0.3, -0.25) is 4.90 Å². The fraction of sp³-hybridized carbons (Fsp3) is 0.429. The molecule has 1 saturated heterocycles. The van der Waals surface area contributed by atoms with Crippen LogP contribution in [0.15, 0.2) is 18.2 Å². The summed E-state index contributed by atoms with van der Waals surface area (Å²) < 4.78 is 0. The minimum atomic E-state index is -0.997. The third-order valence-corrected chi connectivity index (χ3v) is 3.89. The number of nitrogens with zero attached hydrogens (tertiary/aromatic N) is 2. The molecular weight excluding hydrogens is 260 g/mol. The SMILES string of the molecule is O=C(O)c1ccc2c(c1)N(C(=O)N1CCC(O)C1)CC2. The number of β-amino-alcohol motifs (C(OH)–C–C–N with tert-alkyl or cyclic N) is 1. The Labute approximate surface area is 116 Å². The number of likely N-dealkylation sites (tertiary alicyclic amines) is 1. The lowest BCUT2D eigenvalue weighted by atomic mass is 10.1. The van der Waals surface area contributed by atoms with E-state index >= 15 is 0 Å². The summed E-state index contributed by atoms with van der Waals surface area (Å²) in [6.07, 6.45) is 0.880. The van der Waals surface area contributed by atoms with Gasteiger partial charge in [-0.1, -0.05) is 6.07 Å². The van der Waals surface area contributed by atoms with Crippen LogP contribution in [0.4, 0.5) is 10.5 Å². The van der Waals surface area contributed by atoms with Gasteiger partial charge in [-0.05, 0) is 30.5 Å². The average Bonchev–Trinajstić information content (AvgIpc) is 3.03. The van der Waals surface area contributed by atoms with Crippen molar-refractivity contribution in [3.8, 4) is 0 Å². The molecule has 6 nitrogen and oxygen atoms in total. The number of aromatic carboxylic acids is 1. The van der Waals surface area contributed by atoms with Gasteiger partial charge in [0.2, 0.25) is 0 Å². The van der Waals surface area contributed by atoms with Crippen LogP contribution in [0, 0.1) is 0 Å². The second-order valence-electron chi connectivity index (χ2n) is 5.22. The molecule has 0 spiro atoms. The van der Waals surface area contributed by atoms with E-state index in [1.165, 1.54) is 0 Å². The highest BCUT2D eigenvalue weighted by atomic mass is 16.4. The maximum atomic E-state index is 12.4. The molecule has 6 heteroatoms. The fourth-order valence-electron chi connectivity index (χ4n) is 2.80. The molecule has 0 radical (unpaired) electrons. The molecule has 2 aliphatic heterocycles. The molecule has 0 bridgehead atoms. The van der Waals surface area contributed by atoms with E-state index in [9.17, 15) is 14.7 Å². The van der Waals surface area contributed by atoms with Crippen LogP contribution in [0.1, 0.15) is 22.3 Å². The number of anilines is 1. The number of amides is 2. The highest BCUT2D eigenvalue weighted by molar-refractivity contribution is 5.97. The van der Waals surface area contributed by atoms with Gasteiger partial charge in [-0.2, -0.15) is 0 Å². The molecule has 0 aromatic heterocycles. The molecule has 2 heterocycles. The number of carbonyl (C=O) groups is 2. The van der Waals surface area contributed by atoms with E-state index in [0.29, 0.717) is 31.7 Å². The molecular formula is C14H16N2O4. The van der Waals surface area contributed by atoms with E-state index in [4.69, 9.17) is 5.11 Å². The zero-order valence-corrected chi connectivity index (χ0v) is 11.0. The number of hydrogen-bond acceptors (Lipinski definition) is 3. The number of carbonyl (C=O) groups excluding carboxylic acids is 1. The number of rotatable bonds is 1. The van der Waals surface area contributed by atoms with Gasteiger partial charge in [0.25, 0.3) is 0 Å². The van der Waals surface area contributed by atoms with Crippen molar-refractivity contribution in [2.75, 3.05) is 24.5 Å². The standard InChI is InChI=1S/C14H16N2O4/c17-11-4-5-15(8-11)14(20)16-6-3-9-1-2-10(13(18)19)7-12(9)16/h1-2,7,11,17H,3-6,8H2,(H,18,19). The molecule has 1 atom stereocenters. The van der Waals surface area contributed by atoms with E-state index in [1.54, 1.807) is 28.0 Å². The molecule has 2 amide bonds. The molecule has 2 N–H and O–H groups in total. The van der Waals surface area contributed by atoms with Crippen molar-refractivity contribution in [3.63, 3.8) is 0 Å². The first kappa shape index (κ1) is 12.9. The van der Waals surface area contributed by atoms with Gasteiger partial charge in [0, 0.05) is 25.3 Å². The van der Waals surface area contributed by atoms with Crippen LogP contribution in [-0.2, 0) is 6.42 Å². The quantitative estimate of drug-likeness (QED) is 0.799. The van der Waals surface area contributed by atoms with Crippen LogP contribution in [0.3, 0.4) is 0 Å². The van der Waals surface area contributed by atoms with E-state index < -0.39 is 12.1 Å². The molecule has 0 saturated carbocycles. The lowest BCUT2D eigenvalue weighted by Crippen LogP contribution is -2.41. The summed E-state index contributed by atoms with van der Waals surface area (Å²) in [7, 11) is 0. The molecule has 1 aromatic carbocycles. The second-order valence-corrected chi connectivity index (χ2v) is 5.22. The van der Waals surface area contributed by atoms with Crippen LogP contribution in [0.25, 0.3) is 0 Å². The number of aliphatic hydroxyl groups excluding tert-OH is 1. The number of hydrogen-bond donors (Lipinski definition) is 2. The van der Waals surface area contributed by atoms with Gasteiger partial charge in [0.15, 0.2) is 0 Å². The summed E-state index contributed by atoms with van der Waals surface area (Å²) in [6.45, 7) is 1.46. The van der Waals surface area contributed by atoms with Crippen LogP contribution >= 0.6 is 0 Å². The van der Waals surface area contributed by atoms with E-state index in [0.717, 1.165) is 12.0 Å². The van der Waals surface area contributed by atoms with Crippen molar-refractivity contribution in [2.24, 2.45) is 0 Å². The van der Waals surface area contributed by atoms with Crippen LogP contribution in [0.5, 0.6) is 0 Å². The number of carboxylic acid groups (broad SMARTS) is 1. The number of benzene rings is 1. The Morgan fingerprint density at radius 1 is 1.25 bits per heavy atom. The largest absolute Gasteiger partial charge is 0.478 e. The number of fused-ring (bicyclic) bond motifs is 1. The van der Waals surface area contributed by atoms with Crippen molar-refractivity contribution < 1.29 is 19.8 Å². The molecule has 106 valence electrons. The van der Waals surface area contributed by atoms with Crippen LogP contribution in [-0.4, -0.2) is 52.9 Å². The monoisotopic (exact) mass is 276 g/mol. The summed E-state index contributed by atoms with van der Waals surface area (Å²) in [5.74, 6) is -0.997. The smallest absolute Gasteiger partial charge is 0.335 e. The van der Waals surface area contributed by atoms with E-state index in [-0.39, 0.29) is 11.6 Å². The van der Waals surface area contributed by atoms with Gasteiger partial charge in [-0.15, -0.1) is 0 Å². The average molecular weight is 276 g/mol. The van der Waals surface area contributed by atoms with Crippen molar-refractivity contribution in [1.29, 1.82) is 0 Å². The van der Waals surface area contributed by atoms with E-state index in [2.05, 4.69) is 0 Å². The number of aliphatic hydroxyl groups is 1. The van der Waals surface area contributed by atoms with Gasteiger partial charge in [0.1, 0.15) is 0 Å². The molecule has 2 aliphatic rings. The minimum absolute atomic E-state index is 0.150. The highest BCUT2D eigenvalue weighted by Gasteiger charge is 2.32. The summed E-state index contributed by atoms with van der Waals surface area (Å²) in [6, 6.07) is 4.73. The Bertz CT molecular complexity index is 572. The highest BCUT2D eigenvalue weighted by Crippen LogP contribution is 2.30. The van der Waals surface area contributed by atoms with Crippen molar-refractivity contribution in [3.05, 3.63) is 29.3 Å². The van der Waals surface area contributed by atoms with Crippen LogP contribution < -0.4 is 4.90 Å². The predicted molar refractivity (Wildman–Crippen MR) is 72.0 cm³/mol. The lowest BCUT2D eigenvalue weighted by molar-refractivity contribution is 0.0697. The van der Waals surface area contributed by atoms with Gasteiger partial charge >= 0.3 is 12.0 Å². The molecule has 1 aromatic rings. The summed E-state index contributed by atoms with van der Waals surface area (Å²) in [4.78, 5) is 26.7. The topological polar surface area (TPSA) is 81.1 Å². The van der Waals surface area contributed by atoms with Crippen molar-refractivity contribution in [1.82, 2.24) is 4.90 Å². The summed E-state index contributed by atoms with van der Waals surface area (Å²) >= 11 is 0. The zero-order chi connectivity index (χ0) is 14.3. The number of carboxylic acids is 1. The van der Waals surface area contributed by atoms with Gasteiger partial charge in [0.05, 0.1) is 11.7 Å². The Kier molecular flexibility index (Phi) is 3.10. The normalized spacial score (nSPS) is 21.1. The molecule has 1 unspecified atom stereocenters. The third kappa shape index (κ3) is 2.12. The van der Waals surface area contributed by atoms with Gasteiger partial charge in [-0.25, -0.2) is 9.59 Å². The zero-order valence-electron chi connectivity index (χ0n) is 11.0. The lowest BCUT2D eigenvalue weighted by Gasteiger charge is -2.24. The third-order valence-electron chi connectivity index (χ3n) is 3.89. The summed E-state index contributed by atoms with van der Waals surface area (Å²) in [5.41, 5.74) is 1.85. The molecule has 0 aliphatic carbocycles. The Morgan fingerprint density at radius 2 is 2.05 bits per heavy atom. The van der Waals surface area contributed by atoms with Crippen molar-refractivity contribution >= 4 is 17.7 Å². The maximum absolute atomic E-state index is 12.4. The summed E-state index contributed by atoms with van der Waals surface area (Å²) in [5, 5.41) is 18.6. The first-order chi connectivity index (χ1) is 9.56. The Hall–Kier alpha value is -2.08. The number of urea groups is 1. The Balaban J connectivity index is 1.86. The molecule has 20 heavy (non-hydrogen) atoms. The maximum Gasteiger partial charge on any atom is 0.335 e. The molecule has 3 rings (SSSR count). The fourth-order valence-corrected chi connectivity index (χ4v) is 2.80. The Morgan fingerprint density at radius 3 is 2.70 bits per heavy atom. The first-order valence-corrected chi connectivity index (χ1v) is 6.67. The van der Waals surface area contributed by atoms with E-state index in [1.807, 2.05) is 0 Å². The van der Waals surface area contributed by atoms with Gasteiger partial charge < -0.3 is 15.1 Å². The molecule has 1 fully saturated rings. The minimum Gasteiger partial charge on any atom is -0.478 e. The van der Waals surface area contributed by atoms with Crippen molar-refractivity contribution in [2.45, 2.75) is 18.9 Å². The van der Waals surface area contributed by atoms with Crippen LogP contribution in [0.2, 0.25) is 0 Å². The predicted octanol–water partition coefficient (Wildman–Crippen LogP) is 0.934. The first-order valence-electron chi connectivity index (χ1n) is 6.67.